The van der Waals surface area contributed by atoms with E-state index in [9.17, 15) is 10.4 Å². The number of hydrogen-bond donors (Lipinski definition) is 2. The number of methoxy groups -OCH3 is 2. The van der Waals surface area contributed by atoms with Crippen molar-refractivity contribution >= 4 is 0 Å². The molecule has 0 saturated heterocycles. The number of benzene rings is 2. The molecular formula is C31H36N4O5. The van der Waals surface area contributed by atoms with E-state index in [4.69, 9.17) is 19.0 Å². The largest absolute Gasteiger partial charge is 0.481 e. The van der Waals surface area contributed by atoms with E-state index in [1.165, 1.54) is 14.2 Å². The van der Waals surface area contributed by atoms with Crippen molar-refractivity contribution in [1.82, 2.24) is 15.4 Å². The highest BCUT2D eigenvalue weighted by molar-refractivity contribution is 5.60. The topological polar surface area (TPSA) is 109 Å². The number of aromatic nitrogens is 1. The van der Waals surface area contributed by atoms with Gasteiger partial charge in [0.2, 0.25) is 11.8 Å². The van der Waals surface area contributed by atoms with E-state index in [2.05, 4.69) is 47.4 Å². The van der Waals surface area contributed by atoms with Gasteiger partial charge in [-0.05, 0) is 36.3 Å². The molecule has 40 heavy (non-hydrogen) atoms. The SMILES string of the molecule is CCN(CC)C[C@H]1[C@@H](NOC)[C@@]2(O)c3c(cc(OC)nc3OC)O[C@@]2(c2ccc(C#N)cc2)[C@@H]1c1ccccc1. The predicted octanol–water partition coefficient (Wildman–Crippen LogP) is 3.72. The van der Waals surface area contributed by atoms with Gasteiger partial charge in [0.25, 0.3) is 0 Å². The van der Waals surface area contributed by atoms with Crippen LogP contribution in [0.1, 0.15) is 42.0 Å². The number of hydroxylamine groups is 1. The summed E-state index contributed by atoms with van der Waals surface area (Å²) in [6.45, 7) is 6.61. The molecule has 9 nitrogen and oxygen atoms in total. The minimum Gasteiger partial charge on any atom is -0.481 e. The zero-order valence-corrected chi connectivity index (χ0v) is 23.5. The molecule has 1 aliphatic heterocycles. The molecule has 1 saturated carbocycles. The first-order valence-corrected chi connectivity index (χ1v) is 13.5. The predicted molar refractivity (Wildman–Crippen MR) is 149 cm³/mol. The summed E-state index contributed by atoms with van der Waals surface area (Å²) >= 11 is 0. The first-order valence-electron chi connectivity index (χ1n) is 13.5. The summed E-state index contributed by atoms with van der Waals surface area (Å²) in [7, 11) is 4.59. The molecule has 2 aliphatic rings. The number of nitrogens with one attached hydrogen (secondary N) is 1. The van der Waals surface area contributed by atoms with Crippen molar-refractivity contribution in [1.29, 1.82) is 5.26 Å². The second-order valence-electron chi connectivity index (χ2n) is 10.2. The van der Waals surface area contributed by atoms with Gasteiger partial charge in [-0.1, -0.05) is 56.3 Å². The van der Waals surface area contributed by atoms with Gasteiger partial charge in [-0.2, -0.15) is 15.7 Å². The lowest BCUT2D eigenvalue weighted by Gasteiger charge is -2.41. The highest BCUT2D eigenvalue weighted by Gasteiger charge is 2.77. The second kappa shape index (κ2) is 11.1. The number of ether oxygens (including phenoxy) is 3. The molecule has 0 spiro atoms. The van der Waals surface area contributed by atoms with Crippen LogP contribution in [0.2, 0.25) is 0 Å². The van der Waals surface area contributed by atoms with Gasteiger partial charge in [0.15, 0.2) is 11.2 Å². The van der Waals surface area contributed by atoms with Crippen LogP contribution in [0.3, 0.4) is 0 Å². The molecule has 1 fully saturated rings. The van der Waals surface area contributed by atoms with Gasteiger partial charge >= 0.3 is 0 Å². The van der Waals surface area contributed by atoms with Gasteiger partial charge in [0.1, 0.15) is 5.75 Å². The first-order chi connectivity index (χ1) is 19.4. The fourth-order valence-corrected chi connectivity index (χ4v) is 6.77. The molecule has 2 N–H and O–H groups in total. The fraction of sp³-hybridized carbons (Fsp3) is 0.419. The molecule has 0 unspecified atom stereocenters. The Bertz CT molecular complexity index is 1370. The molecular weight excluding hydrogens is 508 g/mol. The Balaban J connectivity index is 1.88. The Labute approximate surface area is 235 Å². The third kappa shape index (κ3) is 4.02. The molecule has 1 aromatic heterocycles. The van der Waals surface area contributed by atoms with E-state index in [-0.39, 0.29) is 17.7 Å². The Morgan fingerprint density at radius 2 is 1.75 bits per heavy atom. The van der Waals surface area contributed by atoms with Crippen LogP contribution in [-0.2, 0) is 16.0 Å². The summed E-state index contributed by atoms with van der Waals surface area (Å²) in [5.74, 6) is 0.415. The number of aliphatic hydroxyl groups is 1. The summed E-state index contributed by atoms with van der Waals surface area (Å²) in [6.07, 6.45) is 0. The van der Waals surface area contributed by atoms with Crippen molar-refractivity contribution in [2.24, 2.45) is 5.92 Å². The average Bonchev–Trinajstić information content (AvgIpc) is 3.37. The van der Waals surface area contributed by atoms with E-state index >= 15 is 0 Å². The van der Waals surface area contributed by atoms with Crippen LogP contribution in [0.25, 0.3) is 0 Å². The second-order valence-corrected chi connectivity index (χ2v) is 10.2. The fourth-order valence-electron chi connectivity index (χ4n) is 6.77. The monoisotopic (exact) mass is 544 g/mol. The third-order valence-corrected chi connectivity index (χ3v) is 8.50. The molecule has 3 aromatic rings. The van der Waals surface area contributed by atoms with Gasteiger partial charge in [0, 0.05) is 24.4 Å². The summed E-state index contributed by atoms with van der Waals surface area (Å²) in [6, 6.07) is 20.6. The lowest BCUT2D eigenvalue weighted by molar-refractivity contribution is -0.137. The van der Waals surface area contributed by atoms with Crippen molar-refractivity contribution in [3.8, 4) is 23.6 Å². The molecule has 9 heteroatoms. The van der Waals surface area contributed by atoms with E-state index in [0.29, 0.717) is 29.3 Å². The zero-order valence-electron chi connectivity index (χ0n) is 23.5. The number of pyridine rings is 1. The van der Waals surface area contributed by atoms with Crippen LogP contribution in [0.4, 0.5) is 0 Å². The summed E-state index contributed by atoms with van der Waals surface area (Å²) in [4.78, 5) is 12.5. The number of nitrogens with zero attached hydrogens (tertiary/aromatic N) is 3. The molecule has 0 bridgehead atoms. The Kier molecular flexibility index (Phi) is 7.71. The molecule has 1 aliphatic carbocycles. The highest BCUT2D eigenvalue weighted by Crippen LogP contribution is 2.70. The normalized spacial score (nSPS) is 26.6. The molecule has 2 aromatic carbocycles. The lowest BCUT2D eigenvalue weighted by atomic mass is 9.70. The van der Waals surface area contributed by atoms with Crippen LogP contribution in [-0.4, -0.2) is 62.0 Å². The standard InChI is InChI=1S/C31H36N4O5/c1-6-35(7-2)19-23-26(21-11-9-8-10-12-21)31(22-15-13-20(18-32)14-16-22)30(36,28(23)34-39-5)27-24(40-31)17-25(37-3)33-29(27)38-4/h8-17,23,26,28,34,36H,6-7,19H2,1-5H3/t23-,26-,28-,30+,31+/m1/s1. The van der Waals surface area contributed by atoms with Crippen LogP contribution >= 0.6 is 0 Å². The van der Waals surface area contributed by atoms with Crippen molar-refractivity contribution in [3.05, 3.63) is 82.9 Å². The van der Waals surface area contributed by atoms with Gasteiger partial charge in [-0.25, -0.2) is 0 Å². The van der Waals surface area contributed by atoms with Crippen molar-refractivity contribution in [2.75, 3.05) is 41.0 Å². The van der Waals surface area contributed by atoms with Crippen molar-refractivity contribution in [3.63, 3.8) is 0 Å². The van der Waals surface area contributed by atoms with Crippen molar-refractivity contribution < 1.29 is 24.2 Å². The van der Waals surface area contributed by atoms with Gasteiger partial charge in [-0.3, -0.25) is 0 Å². The van der Waals surface area contributed by atoms with E-state index in [0.717, 1.165) is 24.2 Å². The maximum atomic E-state index is 13.3. The zero-order chi connectivity index (χ0) is 28.5. The average molecular weight is 545 g/mol. The van der Waals surface area contributed by atoms with Crippen LogP contribution < -0.4 is 19.7 Å². The number of nitriles is 1. The highest BCUT2D eigenvalue weighted by atomic mass is 16.6. The number of rotatable bonds is 10. The summed E-state index contributed by atoms with van der Waals surface area (Å²) in [5.41, 5.74) is 2.82. The minimum absolute atomic E-state index is 0.178. The molecule has 0 radical (unpaired) electrons. The van der Waals surface area contributed by atoms with Gasteiger partial charge in [-0.15, -0.1) is 0 Å². The van der Waals surface area contributed by atoms with E-state index in [1.54, 1.807) is 25.3 Å². The van der Waals surface area contributed by atoms with Crippen LogP contribution in [0.15, 0.2) is 60.7 Å². The first kappa shape index (κ1) is 27.9. The number of hydrogen-bond acceptors (Lipinski definition) is 9. The maximum Gasteiger partial charge on any atom is 0.226 e. The van der Waals surface area contributed by atoms with Crippen molar-refractivity contribution in [2.45, 2.75) is 37.0 Å². The molecule has 0 amide bonds. The van der Waals surface area contributed by atoms with E-state index in [1.807, 2.05) is 30.3 Å². The Hall–Kier alpha value is -3.68. The number of fused-ring (bicyclic) bond motifs is 3. The summed E-state index contributed by atoms with van der Waals surface area (Å²) in [5, 5.41) is 22.9. The molecule has 5 rings (SSSR count). The maximum absolute atomic E-state index is 13.3. The molecule has 5 atom stereocenters. The molecule has 2 heterocycles. The Morgan fingerprint density at radius 3 is 2.33 bits per heavy atom. The summed E-state index contributed by atoms with van der Waals surface area (Å²) < 4.78 is 18.3. The Morgan fingerprint density at radius 1 is 1.05 bits per heavy atom. The van der Waals surface area contributed by atoms with Gasteiger partial charge < -0.3 is 29.1 Å². The quantitative estimate of drug-likeness (QED) is 0.369. The lowest BCUT2D eigenvalue weighted by Crippen LogP contribution is -2.56. The van der Waals surface area contributed by atoms with Gasteiger partial charge in [0.05, 0.1) is 44.6 Å². The smallest absolute Gasteiger partial charge is 0.226 e. The van der Waals surface area contributed by atoms with E-state index < -0.39 is 17.2 Å². The third-order valence-electron chi connectivity index (χ3n) is 8.50. The molecule has 210 valence electrons. The minimum atomic E-state index is -1.70. The van der Waals surface area contributed by atoms with Crippen LogP contribution in [0.5, 0.6) is 17.5 Å². The van der Waals surface area contributed by atoms with Crippen LogP contribution in [0, 0.1) is 17.2 Å².